The second kappa shape index (κ2) is 6.46. The van der Waals surface area contributed by atoms with Crippen LogP contribution in [0.25, 0.3) is 0 Å². The van der Waals surface area contributed by atoms with Gasteiger partial charge in [-0.3, -0.25) is 4.79 Å². The Kier molecular flexibility index (Phi) is 5.65. The highest BCUT2D eigenvalue weighted by molar-refractivity contribution is 5.74. The van der Waals surface area contributed by atoms with Crippen molar-refractivity contribution < 1.29 is 14.6 Å². The van der Waals surface area contributed by atoms with Gasteiger partial charge in [0.25, 0.3) is 0 Å². The van der Waals surface area contributed by atoms with Crippen LogP contribution in [0.1, 0.15) is 67.2 Å². The molecular formula is C17H32O3. The SMILES string of the molecule is CCOC(=O)C(C(C)C)C1(O)CCCCC1C(C)(C)C. The van der Waals surface area contributed by atoms with Crippen molar-refractivity contribution >= 4 is 5.97 Å². The summed E-state index contributed by atoms with van der Waals surface area (Å²) < 4.78 is 5.25. The first-order valence-corrected chi connectivity index (χ1v) is 8.03. The van der Waals surface area contributed by atoms with Crippen LogP contribution in [0.15, 0.2) is 0 Å². The second-order valence-electron chi connectivity index (χ2n) is 7.63. The molecule has 0 radical (unpaired) electrons. The highest BCUT2D eigenvalue weighted by Gasteiger charge is 2.53. The monoisotopic (exact) mass is 284 g/mol. The van der Waals surface area contributed by atoms with Crippen LogP contribution in [-0.2, 0) is 9.53 Å². The molecule has 3 unspecified atom stereocenters. The Labute approximate surface area is 124 Å². The van der Waals surface area contributed by atoms with E-state index in [1.54, 1.807) is 0 Å². The number of aliphatic hydroxyl groups is 1. The summed E-state index contributed by atoms with van der Waals surface area (Å²) in [5.74, 6) is -0.435. The van der Waals surface area contributed by atoms with Crippen molar-refractivity contribution in [2.24, 2.45) is 23.2 Å². The van der Waals surface area contributed by atoms with Gasteiger partial charge in [0, 0.05) is 0 Å². The fourth-order valence-electron chi connectivity index (χ4n) is 4.02. The number of esters is 1. The lowest BCUT2D eigenvalue weighted by molar-refractivity contribution is -0.180. The summed E-state index contributed by atoms with van der Waals surface area (Å²) in [7, 11) is 0. The van der Waals surface area contributed by atoms with Crippen LogP contribution in [0.5, 0.6) is 0 Å². The fourth-order valence-corrected chi connectivity index (χ4v) is 4.02. The van der Waals surface area contributed by atoms with E-state index in [0.29, 0.717) is 13.0 Å². The molecule has 1 aliphatic carbocycles. The molecule has 0 amide bonds. The lowest BCUT2D eigenvalue weighted by atomic mass is 9.58. The zero-order valence-corrected chi connectivity index (χ0v) is 14.0. The lowest BCUT2D eigenvalue weighted by Crippen LogP contribution is -2.56. The molecule has 118 valence electrons. The van der Waals surface area contributed by atoms with E-state index in [1.807, 2.05) is 20.8 Å². The minimum absolute atomic E-state index is 0.00515. The van der Waals surface area contributed by atoms with Gasteiger partial charge in [-0.15, -0.1) is 0 Å². The molecule has 1 fully saturated rings. The smallest absolute Gasteiger partial charge is 0.312 e. The summed E-state index contributed by atoms with van der Waals surface area (Å²) in [6.07, 6.45) is 3.82. The Morgan fingerprint density at radius 3 is 2.40 bits per heavy atom. The van der Waals surface area contributed by atoms with Gasteiger partial charge in [-0.1, -0.05) is 47.5 Å². The second-order valence-corrected chi connectivity index (χ2v) is 7.63. The Hall–Kier alpha value is -0.570. The maximum atomic E-state index is 12.4. The van der Waals surface area contributed by atoms with Crippen molar-refractivity contribution in [3.63, 3.8) is 0 Å². The zero-order valence-electron chi connectivity index (χ0n) is 14.0. The third kappa shape index (κ3) is 3.55. The first-order valence-electron chi connectivity index (χ1n) is 8.03. The van der Waals surface area contributed by atoms with Gasteiger partial charge in [0.2, 0.25) is 0 Å². The van der Waals surface area contributed by atoms with Crippen molar-refractivity contribution in [2.45, 2.75) is 72.8 Å². The van der Waals surface area contributed by atoms with E-state index >= 15 is 0 Å². The molecule has 3 atom stereocenters. The molecule has 1 aliphatic rings. The molecule has 0 aliphatic heterocycles. The molecule has 0 aromatic carbocycles. The van der Waals surface area contributed by atoms with E-state index in [0.717, 1.165) is 19.3 Å². The zero-order chi connectivity index (χ0) is 15.6. The molecule has 20 heavy (non-hydrogen) atoms. The lowest BCUT2D eigenvalue weighted by Gasteiger charge is -2.50. The molecule has 0 bridgehead atoms. The molecular weight excluding hydrogens is 252 g/mol. The predicted octanol–water partition coefficient (Wildman–Crippen LogP) is 3.79. The van der Waals surface area contributed by atoms with Gasteiger partial charge in [-0.2, -0.15) is 0 Å². The van der Waals surface area contributed by atoms with E-state index < -0.39 is 11.5 Å². The number of hydrogen-bond donors (Lipinski definition) is 1. The minimum Gasteiger partial charge on any atom is -0.466 e. The van der Waals surface area contributed by atoms with Gasteiger partial charge in [0.1, 0.15) is 0 Å². The quantitative estimate of drug-likeness (QED) is 0.799. The minimum atomic E-state index is -0.934. The van der Waals surface area contributed by atoms with Crippen molar-refractivity contribution in [3.8, 4) is 0 Å². The molecule has 0 heterocycles. The Bertz CT molecular complexity index is 330. The normalized spacial score (nSPS) is 29.3. The molecule has 3 nitrogen and oxygen atoms in total. The highest BCUT2D eigenvalue weighted by Crippen LogP contribution is 2.49. The first-order chi connectivity index (χ1) is 9.14. The summed E-state index contributed by atoms with van der Waals surface area (Å²) in [4.78, 5) is 12.4. The van der Waals surface area contributed by atoms with E-state index in [4.69, 9.17) is 4.74 Å². The van der Waals surface area contributed by atoms with E-state index in [2.05, 4.69) is 20.8 Å². The summed E-state index contributed by atoms with van der Waals surface area (Å²) >= 11 is 0. The van der Waals surface area contributed by atoms with Gasteiger partial charge in [-0.05, 0) is 37.0 Å². The van der Waals surface area contributed by atoms with Crippen LogP contribution in [0.4, 0.5) is 0 Å². The molecule has 1 rings (SSSR count). The molecule has 0 aromatic heterocycles. The third-order valence-corrected chi connectivity index (χ3v) is 4.71. The topological polar surface area (TPSA) is 46.5 Å². The summed E-state index contributed by atoms with van der Waals surface area (Å²) in [5, 5.41) is 11.4. The van der Waals surface area contributed by atoms with E-state index in [9.17, 15) is 9.90 Å². The number of hydrogen-bond acceptors (Lipinski definition) is 3. The number of carbonyl (C=O) groups is 1. The van der Waals surface area contributed by atoms with Crippen LogP contribution in [-0.4, -0.2) is 23.3 Å². The molecule has 0 aromatic rings. The fraction of sp³-hybridized carbons (Fsp3) is 0.941. The number of carbonyl (C=O) groups excluding carboxylic acids is 1. The van der Waals surface area contributed by atoms with E-state index in [1.165, 1.54) is 0 Å². The summed E-state index contributed by atoms with van der Waals surface area (Å²) in [6.45, 7) is 12.7. The molecule has 1 N–H and O–H groups in total. The standard InChI is InChI=1S/C17H32O3/c1-7-20-15(18)14(12(2)3)17(19)11-9-8-10-13(17)16(4,5)6/h12-14,19H,7-11H2,1-6H3. The average Bonchev–Trinajstić information content (AvgIpc) is 2.27. The van der Waals surface area contributed by atoms with Gasteiger partial charge >= 0.3 is 5.97 Å². The maximum absolute atomic E-state index is 12.4. The van der Waals surface area contributed by atoms with Gasteiger partial charge in [0.15, 0.2) is 0 Å². The molecule has 1 saturated carbocycles. The molecule has 3 heteroatoms. The summed E-state index contributed by atoms with van der Waals surface area (Å²) in [6, 6.07) is 0. The van der Waals surface area contributed by atoms with E-state index in [-0.39, 0.29) is 23.2 Å². The molecule has 0 saturated heterocycles. The Morgan fingerprint density at radius 2 is 1.95 bits per heavy atom. The van der Waals surface area contributed by atoms with Crippen LogP contribution in [0.3, 0.4) is 0 Å². The van der Waals surface area contributed by atoms with Crippen molar-refractivity contribution in [1.82, 2.24) is 0 Å². The van der Waals surface area contributed by atoms with Gasteiger partial charge in [-0.25, -0.2) is 0 Å². The third-order valence-electron chi connectivity index (χ3n) is 4.71. The van der Waals surface area contributed by atoms with Gasteiger partial charge in [0.05, 0.1) is 18.1 Å². The number of rotatable bonds is 4. The maximum Gasteiger partial charge on any atom is 0.312 e. The number of ether oxygens (including phenoxy) is 1. The average molecular weight is 284 g/mol. The van der Waals surface area contributed by atoms with Crippen molar-refractivity contribution in [2.75, 3.05) is 6.61 Å². The predicted molar refractivity (Wildman–Crippen MR) is 81.3 cm³/mol. The largest absolute Gasteiger partial charge is 0.466 e. The van der Waals surface area contributed by atoms with Crippen molar-refractivity contribution in [3.05, 3.63) is 0 Å². The Morgan fingerprint density at radius 1 is 1.35 bits per heavy atom. The first kappa shape index (κ1) is 17.5. The highest BCUT2D eigenvalue weighted by atomic mass is 16.5. The summed E-state index contributed by atoms with van der Waals surface area (Å²) in [5.41, 5.74) is -0.939. The van der Waals surface area contributed by atoms with Crippen molar-refractivity contribution in [1.29, 1.82) is 0 Å². The van der Waals surface area contributed by atoms with Gasteiger partial charge < -0.3 is 9.84 Å². The van der Waals surface area contributed by atoms with Crippen LogP contribution in [0, 0.1) is 23.2 Å². The van der Waals surface area contributed by atoms with Crippen LogP contribution >= 0.6 is 0 Å². The Balaban J connectivity index is 3.14. The molecule has 0 spiro atoms. The van der Waals surface area contributed by atoms with Crippen LogP contribution in [0.2, 0.25) is 0 Å². The van der Waals surface area contributed by atoms with Crippen LogP contribution < -0.4 is 0 Å².